The zero-order chi connectivity index (χ0) is 27.2. The minimum Gasteiger partial charge on any atom is -0.450 e. The number of alkyl carbamates (subject to hydrolysis) is 1. The molecule has 0 radical (unpaired) electrons. The Kier molecular flexibility index (Phi) is 33.2. The van der Waals surface area contributed by atoms with Crippen LogP contribution in [-0.2, 0) is 9.53 Å². The Bertz CT molecular complexity index is 509. The van der Waals surface area contributed by atoms with E-state index in [1.807, 2.05) is 0 Å². The lowest BCUT2D eigenvalue weighted by atomic mass is 10.0. The van der Waals surface area contributed by atoms with Crippen molar-refractivity contribution in [2.24, 2.45) is 5.73 Å². The van der Waals surface area contributed by atoms with Crippen molar-refractivity contribution < 1.29 is 14.3 Å². The summed E-state index contributed by atoms with van der Waals surface area (Å²) in [5, 5.41) is 5.77. The maximum Gasteiger partial charge on any atom is 0.407 e. The Morgan fingerprint density at radius 2 is 1.08 bits per heavy atom. The summed E-state index contributed by atoms with van der Waals surface area (Å²) in [4.78, 5) is 24.9. The first kappa shape index (κ1) is 39.1. The Balaban J connectivity index is 0. The lowest BCUT2D eigenvalue weighted by Crippen LogP contribution is -2.47. The Hall–Kier alpha value is -1.01. The second-order valence-corrected chi connectivity index (χ2v) is 10.8. The maximum atomic E-state index is 12.6. The third kappa shape index (κ3) is 28.0. The van der Waals surface area contributed by atoms with E-state index in [0.29, 0.717) is 26.1 Å². The van der Waals surface area contributed by atoms with Crippen LogP contribution in [-0.4, -0.2) is 37.7 Å². The highest BCUT2D eigenvalue weighted by Crippen LogP contribution is 2.13. The lowest BCUT2D eigenvalue weighted by molar-refractivity contribution is -0.123. The molecule has 0 aromatic heterocycles. The van der Waals surface area contributed by atoms with Crippen molar-refractivity contribution in [3.63, 3.8) is 0 Å². The van der Waals surface area contributed by atoms with Gasteiger partial charge < -0.3 is 21.1 Å². The summed E-state index contributed by atoms with van der Waals surface area (Å²) in [6.07, 6.45) is 27.1. The summed E-state index contributed by atoms with van der Waals surface area (Å²) in [5.41, 5.74) is 5.60. The molecule has 0 fully saturated rings. The molecular formula is C31H64ClN3O3. The lowest BCUT2D eigenvalue weighted by Gasteiger charge is -2.18. The van der Waals surface area contributed by atoms with Gasteiger partial charge in [0.05, 0.1) is 6.61 Å². The number of amides is 2. The summed E-state index contributed by atoms with van der Waals surface area (Å²) in [5.74, 6) is -0.112. The zero-order valence-corrected chi connectivity index (χ0v) is 26.0. The summed E-state index contributed by atoms with van der Waals surface area (Å²) >= 11 is 0. The highest BCUT2D eigenvalue weighted by Gasteiger charge is 2.20. The van der Waals surface area contributed by atoms with Crippen LogP contribution in [0.3, 0.4) is 0 Å². The van der Waals surface area contributed by atoms with E-state index < -0.39 is 12.1 Å². The fourth-order valence-corrected chi connectivity index (χ4v) is 4.65. The van der Waals surface area contributed by atoms with Crippen LogP contribution in [0.5, 0.6) is 0 Å². The van der Waals surface area contributed by atoms with Gasteiger partial charge in [-0.3, -0.25) is 4.79 Å². The molecule has 0 aliphatic carbocycles. The van der Waals surface area contributed by atoms with E-state index in [-0.39, 0.29) is 18.3 Å². The molecular weight excluding hydrogens is 498 g/mol. The van der Waals surface area contributed by atoms with Crippen molar-refractivity contribution >= 4 is 24.4 Å². The first-order valence-electron chi connectivity index (χ1n) is 16.1. The van der Waals surface area contributed by atoms with Gasteiger partial charge in [0.1, 0.15) is 6.04 Å². The summed E-state index contributed by atoms with van der Waals surface area (Å²) < 4.78 is 5.36. The Morgan fingerprint density at radius 1 is 0.632 bits per heavy atom. The normalized spacial score (nSPS) is 11.6. The van der Waals surface area contributed by atoms with Gasteiger partial charge in [0.15, 0.2) is 0 Å². The molecule has 0 bridgehead atoms. The molecule has 0 spiro atoms. The van der Waals surface area contributed by atoms with E-state index in [4.69, 9.17) is 10.5 Å². The van der Waals surface area contributed by atoms with Crippen molar-refractivity contribution in [3.05, 3.63) is 0 Å². The molecule has 7 heteroatoms. The van der Waals surface area contributed by atoms with E-state index in [0.717, 1.165) is 38.5 Å². The largest absolute Gasteiger partial charge is 0.450 e. The molecule has 0 aromatic rings. The smallest absolute Gasteiger partial charge is 0.407 e. The molecule has 0 unspecified atom stereocenters. The van der Waals surface area contributed by atoms with E-state index in [1.54, 1.807) is 0 Å². The van der Waals surface area contributed by atoms with Crippen LogP contribution in [0.25, 0.3) is 0 Å². The van der Waals surface area contributed by atoms with Gasteiger partial charge >= 0.3 is 6.09 Å². The van der Waals surface area contributed by atoms with Gasteiger partial charge in [-0.05, 0) is 38.6 Å². The standard InChI is InChI=1S/C31H63N3O3.ClH/c1-3-5-7-9-11-12-13-14-15-16-17-18-20-24-28-37-31(36)34-29(25-21-22-26-32)30(35)33-27-23-19-10-8-6-4-2;/h29H,3-28,32H2,1-2H3,(H,33,35)(H,34,36);1H/t29-;/m0./s1. The zero-order valence-electron chi connectivity index (χ0n) is 25.2. The van der Waals surface area contributed by atoms with Crippen LogP contribution < -0.4 is 16.4 Å². The number of rotatable bonds is 28. The molecule has 0 aromatic carbocycles. The van der Waals surface area contributed by atoms with Crippen molar-refractivity contribution in [3.8, 4) is 0 Å². The van der Waals surface area contributed by atoms with Gasteiger partial charge in [-0.25, -0.2) is 4.79 Å². The summed E-state index contributed by atoms with van der Waals surface area (Å²) in [6.45, 7) is 6.15. The Morgan fingerprint density at radius 3 is 1.55 bits per heavy atom. The highest BCUT2D eigenvalue weighted by molar-refractivity contribution is 5.85. The monoisotopic (exact) mass is 561 g/mol. The van der Waals surface area contributed by atoms with Crippen molar-refractivity contribution in [2.75, 3.05) is 19.7 Å². The number of nitrogens with one attached hydrogen (secondary N) is 2. The molecule has 4 N–H and O–H groups in total. The van der Waals surface area contributed by atoms with Crippen LogP contribution in [0.4, 0.5) is 4.79 Å². The van der Waals surface area contributed by atoms with Crippen LogP contribution >= 0.6 is 12.4 Å². The molecule has 0 aliphatic rings. The number of hydrogen-bond donors (Lipinski definition) is 3. The summed E-state index contributed by atoms with van der Waals surface area (Å²) in [6, 6.07) is -0.546. The molecule has 228 valence electrons. The number of hydrogen-bond acceptors (Lipinski definition) is 4. The fraction of sp³-hybridized carbons (Fsp3) is 0.935. The van der Waals surface area contributed by atoms with Gasteiger partial charge in [0, 0.05) is 6.54 Å². The van der Waals surface area contributed by atoms with Crippen molar-refractivity contribution in [1.82, 2.24) is 10.6 Å². The van der Waals surface area contributed by atoms with Gasteiger partial charge in [-0.15, -0.1) is 12.4 Å². The van der Waals surface area contributed by atoms with E-state index >= 15 is 0 Å². The third-order valence-corrected chi connectivity index (χ3v) is 7.12. The van der Waals surface area contributed by atoms with Crippen LogP contribution in [0.15, 0.2) is 0 Å². The molecule has 0 saturated heterocycles. The molecule has 6 nitrogen and oxygen atoms in total. The molecule has 38 heavy (non-hydrogen) atoms. The molecule has 0 aliphatic heterocycles. The van der Waals surface area contributed by atoms with Crippen LogP contribution in [0.2, 0.25) is 0 Å². The SMILES string of the molecule is CCCCCCCCCCCCCCCCOC(=O)N[C@@H](CCCCN)C(=O)NCCCCCCCC.Cl. The van der Waals surface area contributed by atoms with Crippen molar-refractivity contribution in [2.45, 2.75) is 168 Å². The minimum absolute atomic E-state index is 0. The maximum absolute atomic E-state index is 12.6. The molecule has 2 amide bonds. The summed E-state index contributed by atoms with van der Waals surface area (Å²) in [7, 11) is 0. The first-order valence-corrected chi connectivity index (χ1v) is 16.1. The second kappa shape index (κ2) is 32.2. The van der Waals surface area contributed by atoms with Gasteiger partial charge in [-0.1, -0.05) is 129 Å². The average Bonchev–Trinajstić information content (AvgIpc) is 2.89. The molecule has 0 rings (SSSR count). The fourth-order valence-electron chi connectivity index (χ4n) is 4.65. The van der Waals surface area contributed by atoms with E-state index in [2.05, 4.69) is 24.5 Å². The number of halogens is 1. The van der Waals surface area contributed by atoms with Gasteiger partial charge in [0.2, 0.25) is 5.91 Å². The molecule has 1 atom stereocenters. The van der Waals surface area contributed by atoms with E-state index in [1.165, 1.54) is 103 Å². The molecule has 0 saturated carbocycles. The minimum atomic E-state index is -0.546. The number of carbonyl (C=O) groups excluding carboxylic acids is 2. The first-order chi connectivity index (χ1) is 18.2. The quantitative estimate of drug-likeness (QED) is 0.0833. The van der Waals surface area contributed by atoms with Gasteiger partial charge in [0.25, 0.3) is 0 Å². The predicted octanol–water partition coefficient (Wildman–Crippen LogP) is 8.59. The van der Waals surface area contributed by atoms with E-state index in [9.17, 15) is 9.59 Å². The number of ether oxygens (including phenoxy) is 1. The second-order valence-electron chi connectivity index (χ2n) is 10.8. The molecule has 0 heterocycles. The number of carbonyl (C=O) groups is 2. The number of nitrogens with two attached hydrogens (primary N) is 1. The topological polar surface area (TPSA) is 93.4 Å². The predicted molar refractivity (Wildman–Crippen MR) is 165 cm³/mol. The number of unbranched alkanes of at least 4 members (excludes halogenated alkanes) is 19. The highest BCUT2D eigenvalue weighted by atomic mass is 35.5. The Labute approximate surface area is 242 Å². The average molecular weight is 562 g/mol. The van der Waals surface area contributed by atoms with Crippen LogP contribution in [0.1, 0.15) is 162 Å². The van der Waals surface area contributed by atoms with Gasteiger partial charge in [-0.2, -0.15) is 0 Å². The third-order valence-electron chi connectivity index (χ3n) is 7.12. The van der Waals surface area contributed by atoms with Crippen molar-refractivity contribution in [1.29, 1.82) is 0 Å². The van der Waals surface area contributed by atoms with Crippen LogP contribution in [0, 0.1) is 0 Å².